The highest BCUT2D eigenvalue weighted by molar-refractivity contribution is 5.75. The summed E-state index contributed by atoms with van der Waals surface area (Å²) in [4.78, 5) is 14.3. The molecule has 0 aliphatic carbocycles. The molecule has 1 aliphatic heterocycles. The molecule has 0 unspecified atom stereocenters. The first-order chi connectivity index (χ1) is 10.6. The lowest BCUT2D eigenvalue weighted by Gasteiger charge is -2.32. The zero-order chi connectivity index (χ0) is 15.8. The van der Waals surface area contributed by atoms with Gasteiger partial charge in [0.05, 0.1) is 0 Å². The number of likely N-dealkylation sites (tertiary alicyclic amines) is 1. The maximum atomic E-state index is 11.9. The number of rotatable bonds is 7. The Hall–Kier alpha value is -1.35. The van der Waals surface area contributed by atoms with Gasteiger partial charge in [-0.3, -0.25) is 4.79 Å². The third-order valence-electron chi connectivity index (χ3n) is 4.71. The highest BCUT2D eigenvalue weighted by atomic mass is 16.1. The molecule has 0 spiro atoms. The van der Waals surface area contributed by atoms with Crippen LogP contribution in [0.3, 0.4) is 0 Å². The Kier molecular flexibility index (Phi) is 6.91. The number of carbonyl (C=O) groups is 1. The van der Waals surface area contributed by atoms with Crippen molar-refractivity contribution in [1.29, 1.82) is 0 Å². The molecule has 1 saturated heterocycles. The van der Waals surface area contributed by atoms with E-state index in [1.54, 1.807) is 0 Å². The van der Waals surface area contributed by atoms with Gasteiger partial charge in [-0.25, -0.2) is 0 Å². The molecule has 1 N–H and O–H groups in total. The van der Waals surface area contributed by atoms with E-state index in [0.717, 1.165) is 25.8 Å². The Morgan fingerprint density at radius 3 is 2.77 bits per heavy atom. The molecule has 1 aromatic carbocycles. The van der Waals surface area contributed by atoms with Gasteiger partial charge in [0.2, 0.25) is 5.91 Å². The van der Waals surface area contributed by atoms with Gasteiger partial charge in [0.1, 0.15) is 0 Å². The number of amides is 1. The number of aryl methyl sites for hydroxylation is 2. The van der Waals surface area contributed by atoms with Crippen LogP contribution < -0.4 is 5.32 Å². The highest BCUT2D eigenvalue weighted by Gasteiger charge is 2.19. The van der Waals surface area contributed by atoms with E-state index in [1.807, 2.05) is 0 Å². The summed E-state index contributed by atoms with van der Waals surface area (Å²) < 4.78 is 0. The average molecular weight is 302 g/mol. The minimum Gasteiger partial charge on any atom is -0.356 e. The van der Waals surface area contributed by atoms with Crippen LogP contribution in [-0.2, 0) is 11.2 Å². The van der Waals surface area contributed by atoms with Crippen LogP contribution in [-0.4, -0.2) is 37.0 Å². The second-order valence-corrected chi connectivity index (χ2v) is 6.61. The normalized spacial score (nSPS) is 19.1. The van der Waals surface area contributed by atoms with Gasteiger partial charge in [0.15, 0.2) is 0 Å². The summed E-state index contributed by atoms with van der Waals surface area (Å²) in [6.07, 6.45) is 7.58. The Morgan fingerprint density at radius 1 is 1.27 bits per heavy atom. The molecule has 22 heavy (non-hydrogen) atoms. The van der Waals surface area contributed by atoms with Crippen LogP contribution >= 0.6 is 0 Å². The van der Waals surface area contributed by atoms with Crippen LogP contribution in [0.1, 0.15) is 49.7 Å². The first-order valence-corrected chi connectivity index (χ1v) is 8.67. The van der Waals surface area contributed by atoms with E-state index in [-0.39, 0.29) is 5.91 Å². The monoisotopic (exact) mass is 302 g/mol. The van der Waals surface area contributed by atoms with Gasteiger partial charge in [-0.2, -0.15) is 0 Å². The first kappa shape index (κ1) is 17.0. The van der Waals surface area contributed by atoms with Gasteiger partial charge in [0.25, 0.3) is 0 Å². The fourth-order valence-corrected chi connectivity index (χ4v) is 3.17. The second kappa shape index (κ2) is 8.94. The Labute approximate surface area is 135 Å². The van der Waals surface area contributed by atoms with E-state index >= 15 is 0 Å². The van der Waals surface area contributed by atoms with Crippen molar-refractivity contribution in [2.45, 2.75) is 57.9 Å². The van der Waals surface area contributed by atoms with Crippen molar-refractivity contribution in [2.24, 2.45) is 0 Å². The van der Waals surface area contributed by atoms with Gasteiger partial charge < -0.3 is 10.2 Å². The fourth-order valence-electron chi connectivity index (χ4n) is 3.17. The predicted octanol–water partition coefficient (Wildman–Crippen LogP) is 3.31. The van der Waals surface area contributed by atoms with E-state index in [2.05, 4.69) is 48.5 Å². The summed E-state index contributed by atoms with van der Waals surface area (Å²) in [7, 11) is 2.18. The molecule has 0 saturated carbocycles. The van der Waals surface area contributed by atoms with Gasteiger partial charge in [-0.05, 0) is 58.2 Å². The van der Waals surface area contributed by atoms with Gasteiger partial charge in [-0.1, -0.05) is 36.2 Å². The average Bonchev–Trinajstić information content (AvgIpc) is 2.52. The number of nitrogens with one attached hydrogen (secondary N) is 1. The minimum atomic E-state index is 0.211. The maximum absolute atomic E-state index is 11.9. The predicted molar refractivity (Wildman–Crippen MR) is 92.0 cm³/mol. The number of benzene rings is 1. The summed E-state index contributed by atoms with van der Waals surface area (Å²) in [5.41, 5.74) is 2.65. The van der Waals surface area contributed by atoms with Crippen molar-refractivity contribution in [1.82, 2.24) is 10.2 Å². The maximum Gasteiger partial charge on any atom is 0.220 e. The molecule has 0 radical (unpaired) electrons. The van der Waals surface area contributed by atoms with Crippen LogP contribution in [0.15, 0.2) is 24.3 Å². The molecule has 2 rings (SSSR count). The lowest BCUT2D eigenvalue weighted by atomic mass is 9.98. The molecular formula is C19H30N2O. The first-order valence-electron chi connectivity index (χ1n) is 8.67. The van der Waals surface area contributed by atoms with E-state index in [1.165, 1.54) is 36.9 Å². The highest BCUT2D eigenvalue weighted by Crippen LogP contribution is 2.18. The molecule has 122 valence electrons. The molecule has 1 aromatic rings. The largest absolute Gasteiger partial charge is 0.356 e. The zero-order valence-corrected chi connectivity index (χ0v) is 14.1. The van der Waals surface area contributed by atoms with Gasteiger partial charge >= 0.3 is 0 Å². The third kappa shape index (κ3) is 5.80. The summed E-state index contributed by atoms with van der Waals surface area (Å²) in [5.74, 6) is 0.211. The Bertz CT molecular complexity index is 455. The third-order valence-corrected chi connectivity index (χ3v) is 4.71. The molecular weight excluding hydrogens is 272 g/mol. The summed E-state index contributed by atoms with van der Waals surface area (Å²) in [6, 6.07) is 9.25. The van der Waals surface area contributed by atoms with Gasteiger partial charge in [0, 0.05) is 19.0 Å². The molecule has 3 heteroatoms. The second-order valence-electron chi connectivity index (χ2n) is 6.61. The lowest BCUT2D eigenvalue weighted by molar-refractivity contribution is -0.121. The zero-order valence-electron chi connectivity index (χ0n) is 14.1. The lowest BCUT2D eigenvalue weighted by Crippen LogP contribution is -2.37. The fraction of sp³-hybridized carbons (Fsp3) is 0.632. The number of hydrogen-bond acceptors (Lipinski definition) is 2. The topological polar surface area (TPSA) is 32.3 Å². The number of carbonyl (C=O) groups excluding carboxylic acids is 1. The van der Waals surface area contributed by atoms with Crippen molar-refractivity contribution >= 4 is 5.91 Å². The van der Waals surface area contributed by atoms with Crippen LogP contribution in [0, 0.1) is 6.92 Å². The van der Waals surface area contributed by atoms with Crippen molar-refractivity contribution < 1.29 is 4.79 Å². The summed E-state index contributed by atoms with van der Waals surface area (Å²) >= 11 is 0. The van der Waals surface area contributed by atoms with E-state index in [4.69, 9.17) is 0 Å². The smallest absolute Gasteiger partial charge is 0.220 e. The quantitative estimate of drug-likeness (QED) is 0.784. The summed E-state index contributed by atoms with van der Waals surface area (Å²) in [5, 5.41) is 3.06. The van der Waals surface area contributed by atoms with Crippen LogP contribution in [0.25, 0.3) is 0 Å². The number of hydrogen-bond donors (Lipinski definition) is 1. The van der Waals surface area contributed by atoms with Crippen molar-refractivity contribution in [3.05, 3.63) is 35.4 Å². The molecule has 1 aliphatic rings. The number of piperidine rings is 1. The van der Waals surface area contributed by atoms with Crippen LogP contribution in [0.2, 0.25) is 0 Å². The van der Waals surface area contributed by atoms with Crippen LogP contribution in [0.5, 0.6) is 0 Å². The minimum absolute atomic E-state index is 0.211. The molecule has 0 aromatic heterocycles. The molecule has 0 bridgehead atoms. The van der Waals surface area contributed by atoms with E-state index < -0.39 is 0 Å². The van der Waals surface area contributed by atoms with E-state index in [9.17, 15) is 4.79 Å². The Balaban J connectivity index is 1.56. The van der Waals surface area contributed by atoms with Crippen molar-refractivity contribution in [2.75, 3.05) is 20.1 Å². The van der Waals surface area contributed by atoms with Crippen molar-refractivity contribution in [3.8, 4) is 0 Å². The van der Waals surface area contributed by atoms with E-state index in [0.29, 0.717) is 12.5 Å². The van der Waals surface area contributed by atoms with Gasteiger partial charge in [-0.15, -0.1) is 0 Å². The molecule has 1 heterocycles. The van der Waals surface area contributed by atoms with Crippen molar-refractivity contribution in [3.63, 3.8) is 0 Å². The number of nitrogens with zero attached hydrogens (tertiary/aromatic N) is 1. The molecule has 1 amide bonds. The Morgan fingerprint density at radius 2 is 2.05 bits per heavy atom. The van der Waals surface area contributed by atoms with Crippen LogP contribution in [0.4, 0.5) is 0 Å². The summed E-state index contributed by atoms with van der Waals surface area (Å²) in [6.45, 7) is 4.07. The SMILES string of the molecule is Cc1ccc(CCCNC(=O)CC[C@H]2CCCCN2C)cc1. The standard InChI is InChI=1S/C19H30N2O/c1-16-8-10-17(11-9-16)6-5-14-20-19(22)13-12-18-7-3-4-15-21(18)2/h8-11,18H,3-7,12-15H2,1-2H3,(H,20,22)/t18-/m1/s1. The molecule has 3 nitrogen and oxygen atoms in total. The molecule has 1 atom stereocenters. The molecule has 1 fully saturated rings.